The lowest BCUT2D eigenvalue weighted by molar-refractivity contribution is 0.163. The van der Waals surface area contributed by atoms with Gasteiger partial charge < -0.3 is 15.0 Å². The molecule has 1 aromatic rings. The van der Waals surface area contributed by atoms with Gasteiger partial charge in [0.1, 0.15) is 0 Å². The van der Waals surface area contributed by atoms with Crippen LogP contribution in [-0.2, 0) is 13.1 Å². The Hall–Kier alpha value is -0.800. The van der Waals surface area contributed by atoms with E-state index in [0.717, 1.165) is 25.9 Å². The molecule has 1 saturated carbocycles. The number of aliphatic hydroxyl groups is 1. The molecule has 0 radical (unpaired) electrons. The van der Waals surface area contributed by atoms with Crippen LogP contribution in [0.25, 0.3) is 0 Å². The minimum Gasteiger partial charge on any atom is -0.394 e. The number of aryl methyl sites for hydroxylation is 1. The zero-order valence-corrected chi connectivity index (χ0v) is 10.8. The summed E-state index contributed by atoms with van der Waals surface area (Å²) < 4.78 is 2.23. The van der Waals surface area contributed by atoms with Crippen LogP contribution in [0.1, 0.15) is 44.6 Å². The van der Waals surface area contributed by atoms with Crippen LogP contribution in [0.4, 0.5) is 0 Å². The van der Waals surface area contributed by atoms with E-state index in [4.69, 9.17) is 0 Å². The predicted octanol–water partition coefficient (Wildman–Crippen LogP) is 2.29. The van der Waals surface area contributed by atoms with Crippen LogP contribution in [0.3, 0.4) is 0 Å². The van der Waals surface area contributed by atoms with E-state index in [1.165, 1.54) is 24.8 Å². The van der Waals surface area contributed by atoms with Crippen LogP contribution >= 0.6 is 0 Å². The molecule has 2 rings (SSSR count). The molecule has 0 atom stereocenters. The summed E-state index contributed by atoms with van der Waals surface area (Å²) in [5, 5.41) is 13.1. The minimum absolute atomic E-state index is 0.00709. The molecule has 0 amide bonds. The Morgan fingerprint density at radius 3 is 2.82 bits per heavy atom. The molecule has 3 heteroatoms. The first-order chi connectivity index (χ1) is 8.28. The molecule has 0 aromatic carbocycles. The Morgan fingerprint density at radius 1 is 1.41 bits per heavy atom. The van der Waals surface area contributed by atoms with Gasteiger partial charge in [0, 0.05) is 31.0 Å². The highest BCUT2D eigenvalue weighted by atomic mass is 16.3. The SMILES string of the molecule is CCCn1ccc(CNC2(CO)CCCC2)c1. The molecule has 1 aliphatic carbocycles. The Bertz CT molecular complexity index is 340. The van der Waals surface area contributed by atoms with Gasteiger partial charge in [-0.1, -0.05) is 19.8 Å². The largest absolute Gasteiger partial charge is 0.394 e. The molecule has 3 nitrogen and oxygen atoms in total. The third kappa shape index (κ3) is 3.11. The van der Waals surface area contributed by atoms with Crippen molar-refractivity contribution in [3.8, 4) is 0 Å². The highest BCUT2D eigenvalue weighted by Gasteiger charge is 2.32. The van der Waals surface area contributed by atoms with E-state index in [2.05, 4.69) is 35.3 Å². The zero-order chi connectivity index (χ0) is 12.1. The van der Waals surface area contributed by atoms with Crippen molar-refractivity contribution in [2.45, 2.75) is 57.7 Å². The molecule has 1 aromatic heterocycles. The second-order valence-corrected chi connectivity index (χ2v) is 5.26. The number of nitrogens with zero attached hydrogens (tertiary/aromatic N) is 1. The number of hydrogen-bond acceptors (Lipinski definition) is 2. The Labute approximate surface area is 104 Å². The van der Waals surface area contributed by atoms with Gasteiger partial charge in [-0.3, -0.25) is 0 Å². The van der Waals surface area contributed by atoms with Crippen LogP contribution in [-0.4, -0.2) is 21.8 Å². The average Bonchev–Trinajstić information content (AvgIpc) is 2.96. The summed E-state index contributed by atoms with van der Waals surface area (Å²) in [5.41, 5.74) is 1.31. The highest BCUT2D eigenvalue weighted by Crippen LogP contribution is 2.29. The van der Waals surface area contributed by atoms with Gasteiger partial charge in [-0.25, -0.2) is 0 Å². The van der Waals surface area contributed by atoms with Crippen molar-refractivity contribution in [1.29, 1.82) is 0 Å². The highest BCUT2D eigenvalue weighted by molar-refractivity contribution is 5.11. The number of aliphatic hydroxyl groups excluding tert-OH is 1. The van der Waals surface area contributed by atoms with Crippen LogP contribution < -0.4 is 5.32 Å². The maximum absolute atomic E-state index is 9.52. The standard InChI is InChI=1S/C14H24N2O/c1-2-8-16-9-5-13(11-16)10-15-14(12-17)6-3-4-7-14/h5,9,11,15,17H,2-4,6-8,10,12H2,1H3. The van der Waals surface area contributed by atoms with Gasteiger partial charge in [0.05, 0.1) is 6.61 Å². The molecule has 0 unspecified atom stereocenters. The Morgan fingerprint density at radius 2 is 2.18 bits per heavy atom. The van der Waals surface area contributed by atoms with Crippen molar-refractivity contribution in [3.05, 3.63) is 24.0 Å². The number of nitrogens with one attached hydrogen (secondary N) is 1. The van der Waals surface area contributed by atoms with Crippen LogP contribution in [0, 0.1) is 0 Å². The summed E-state index contributed by atoms with van der Waals surface area (Å²) in [6.07, 6.45) is 10.2. The molecule has 1 heterocycles. The molecule has 96 valence electrons. The molecular weight excluding hydrogens is 212 g/mol. The van der Waals surface area contributed by atoms with Crippen molar-refractivity contribution in [1.82, 2.24) is 9.88 Å². The third-order valence-corrected chi connectivity index (χ3v) is 3.82. The Balaban J connectivity index is 1.87. The van der Waals surface area contributed by atoms with E-state index in [0.29, 0.717) is 0 Å². The topological polar surface area (TPSA) is 37.2 Å². The molecule has 0 aliphatic heterocycles. The molecule has 0 bridgehead atoms. The lowest BCUT2D eigenvalue weighted by Gasteiger charge is -2.27. The van der Waals surface area contributed by atoms with E-state index in [1.807, 2.05) is 0 Å². The molecule has 2 N–H and O–H groups in total. The van der Waals surface area contributed by atoms with Gasteiger partial charge >= 0.3 is 0 Å². The summed E-state index contributed by atoms with van der Waals surface area (Å²) in [4.78, 5) is 0. The van der Waals surface area contributed by atoms with Crippen molar-refractivity contribution < 1.29 is 5.11 Å². The smallest absolute Gasteiger partial charge is 0.0613 e. The summed E-state index contributed by atoms with van der Waals surface area (Å²) in [7, 11) is 0. The fourth-order valence-electron chi connectivity index (χ4n) is 2.72. The molecule has 1 aliphatic rings. The first-order valence-electron chi connectivity index (χ1n) is 6.78. The van der Waals surface area contributed by atoms with Crippen LogP contribution in [0.2, 0.25) is 0 Å². The lowest BCUT2D eigenvalue weighted by atomic mass is 9.99. The fraction of sp³-hybridized carbons (Fsp3) is 0.714. The van der Waals surface area contributed by atoms with Crippen LogP contribution in [0.5, 0.6) is 0 Å². The van der Waals surface area contributed by atoms with Crippen molar-refractivity contribution in [3.63, 3.8) is 0 Å². The van der Waals surface area contributed by atoms with Crippen molar-refractivity contribution in [2.24, 2.45) is 0 Å². The maximum Gasteiger partial charge on any atom is 0.0613 e. The quantitative estimate of drug-likeness (QED) is 0.795. The first kappa shape index (κ1) is 12.7. The van der Waals surface area contributed by atoms with E-state index in [9.17, 15) is 5.11 Å². The zero-order valence-electron chi connectivity index (χ0n) is 10.8. The van der Waals surface area contributed by atoms with Crippen molar-refractivity contribution in [2.75, 3.05) is 6.61 Å². The second kappa shape index (κ2) is 5.69. The third-order valence-electron chi connectivity index (χ3n) is 3.82. The van der Waals surface area contributed by atoms with E-state index in [-0.39, 0.29) is 12.1 Å². The number of hydrogen-bond donors (Lipinski definition) is 2. The molecular formula is C14H24N2O. The van der Waals surface area contributed by atoms with Gasteiger partial charge in [-0.15, -0.1) is 0 Å². The normalized spacial score (nSPS) is 18.7. The van der Waals surface area contributed by atoms with Gasteiger partial charge in [0.2, 0.25) is 0 Å². The first-order valence-corrected chi connectivity index (χ1v) is 6.78. The summed E-state index contributed by atoms with van der Waals surface area (Å²) >= 11 is 0. The summed E-state index contributed by atoms with van der Waals surface area (Å²) in [5.74, 6) is 0. The molecule has 0 spiro atoms. The van der Waals surface area contributed by atoms with Gasteiger partial charge in [0.15, 0.2) is 0 Å². The summed E-state index contributed by atoms with van der Waals surface area (Å²) in [6, 6.07) is 2.17. The van der Waals surface area contributed by atoms with Gasteiger partial charge in [-0.05, 0) is 30.9 Å². The molecule has 0 saturated heterocycles. The lowest BCUT2D eigenvalue weighted by Crippen LogP contribution is -2.45. The summed E-state index contributed by atoms with van der Waals surface area (Å²) in [6.45, 7) is 4.42. The monoisotopic (exact) mass is 236 g/mol. The fourth-order valence-corrected chi connectivity index (χ4v) is 2.72. The van der Waals surface area contributed by atoms with Crippen LogP contribution in [0.15, 0.2) is 18.5 Å². The van der Waals surface area contributed by atoms with E-state index in [1.54, 1.807) is 0 Å². The van der Waals surface area contributed by atoms with Gasteiger partial charge in [-0.2, -0.15) is 0 Å². The van der Waals surface area contributed by atoms with Gasteiger partial charge in [0.25, 0.3) is 0 Å². The molecule has 1 fully saturated rings. The van der Waals surface area contributed by atoms with Crippen molar-refractivity contribution >= 4 is 0 Å². The Kier molecular flexibility index (Phi) is 4.24. The van der Waals surface area contributed by atoms with E-state index < -0.39 is 0 Å². The predicted molar refractivity (Wildman–Crippen MR) is 69.8 cm³/mol. The number of rotatable bonds is 6. The molecule has 17 heavy (non-hydrogen) atoms. The average molecular weight is 236 g/mol. The minimum atomic E-state index is -0.00709. The van der Waals surface area contributed by atoms with E-state index >= 15 is 0 Å². The maximum atomic E-state index is 9.52. The second-order valence-electron chi connectivity index (χ2n) is 5.26. The number of aromatic nitrogens is 1.